The van der Waals surface area contributed by atoms with E-state index in [-0.39, 0.29) is 16.8 Å². The zero-order valence-electron chi connectivity index (χ0n) is 21.7. The number of nitrogens with zero attached hydrogens (tertiary/aromatic N) is 6. The largest absolute Gasteiger partial charge is 0.508 e. The molecule has 0 amide bonds. The Kier molecular flexibility index (Phi) is 6.59. The van der Waals surface area contributed by atoms with Gasteiger partial charge < -0.3 is 19.7 Å². The van der Waals surface area contributed by atoms with Crippen LogP contribution in [0.3, 0.4) is 0 Å². The Labute approximate surface area is 215 Å². The molecule has 1 aliphatic heterocycles. The molecule has 1 saturated heterocycles. The SMILES string of the molecule is CCC(C)(C)n1nnnc1[C@H](c1cc2ccc(OC)cc2[nH]c1=O)N1CCN(c2ccc(O)cc2)CC1. The van der Waals surface area contributed by atoms with Gasteiger partial charge in [0.15, 0.2) is 5.82 Å². The van der Waals surface area contributed by atoms with Gasteiger partial charge in [0.1, 0.15) is 17.5 Å². The van der Waals surface area contributed by atoms with E-state index in [0.29, 0.717) is 30.2 Å². The number of benzene rings is 2. The van der Waals surface area contributed by atoms with Crippen LogP contribution in [0, 0.1) is 0 Å². The van der Waals surface area contributed by atoms with Crippen LogP contribution in [-0.4, -0.2) is 68.5 Å². The van der Waals surface area contributed by atoms with Gasteiger partial charge in [0.05, 0.1) is 18.2 Å². The Hall–Kier alpha value is -3.92. The molecule has 1 aliphatic rings. The van der Waals surface area contributed by atoms with E-state index < -0.39 is 6.04 Å². The number of hydrogen-bond donors (Lipinski definition) is 2. The van der Waals surface area contributed by atoms with Gasteiger partial charge in [-0.2, -0.15) is 0 Å². The Morgan fingerprint density at radius 2 is 1.81 bits per heavy atom. The lowest BCUT2D eigenvalue weighted by molar-refractivity contribution is 0.186. The molecule has 0 bridgehead atoms. The zero-order chi connectivity index (χ0) is 26.2. The average Bonchev–Trinajstić information content (AvgIpc) is 3.40. The Morgan fingerprint density at radius 3 is 2.49 bits per heavy atom. The van der Waals surface area contributed by atoms with Crippen LogP contribution in [0.15, 0.2) is 53.3 Å². The maximum absolute atomic E-state index is 13.5. The zero-order valence-corrected chi connectivity index (χ0v) is 21.7. The van der Waals surface area contributed by atoms with Gasteiger partial charge >= 0.3 is 0 Å². The minimum Gasteiger partial charge on any atom is -0.508 e. The van der Waals surface area contributed by atoms with Crippen molar-refractivity contribution in [1.82, 2.24) is 30.1 Å². The van der Waals surface area contributed by atoms with Crippen LogP contribution in [0.4, 0.5) is 5.69 Å². The highest BCUT2D eigenvalue weighted by Gasteiger charge is 2.35. The van der Waals surface area contributed by atoms with Crippen molar-refractivity contribution in [3.05, 3.63) is 70.3 Å². The second-order valence-corrected chi connectivity index (χ2v) is 10.1. The first kappa shape index (κ1) is 24.8. The number of H-pyrrole nitrogens is 1. The van der Waals surface area contributed by atoms with E-state index >= 15 is 0 Å². The molecular formula is C27H33N7O3. The summed E-state index contributed by atoms with van der Waals surface area (Å²) in [4.78, 5) is 21.1. The van der Waals surface area contributed by atoms with Gasteiger partial charge in [0.2, 0.25) is 0 Å². The Bertz CT molecular complexity index is 1440. The van der Waals surface area contributed by atoms with Gasteiger partial charge in [0.25, 0.3) is 5.56 Å². The van der Waals surface area contributed by atoms with Crippen molar-refractivity contribution in [2.45, 2.75) is 38.8 Å². The minimum absolute atomic E-state index is 0.171. The number of methoxy groups -OCH3 is 1. The summed E-state index contributed by atoms with van der Waals surface area (Å²) in [6.07, 6.45) is 0.834. The van der Waals surface area contributed by atoms with Gasteiger partial charge in [-0.1, -0.05) is 6.92 Å². The lowest BCUT2D eigenvalue weighted by Crippen LogP contribution is -2.49. The molecule has 2 aromatic heterocycles. The van der Waals surface area contributed by atoms with Crippen molar-refractivity contribution in [2.24, 2.45) is 0 Å². The van der Waals surface area contributed by atoms with Gasteiger partial charge in [0, 0.05) is 43.5 Å². The first-order chi connectivity index (χ1) is 17.8. The number of aromatic hydroxyl groups is 1. The normalized spacial score (nSPS) is 15.7. The van der Waals surface area contributed by atoms with Gasteiger partial charge in [-0.25, -0.2) is 4.68 Å². The summed E-state index contributed by atoms with van der Waals surface area (Å²) in [5.74, 6) is 1.59. The molecule has 4 aromatic rings. The molecule has 10 nitrogen and oxygen atoms in total. The molecule has 0 spiro atoms. The highest BCUT2D eigenvalue weighted by atomic mass is 16.5. The topological polar surface area (TPSA) is 112 Å². The number of phenols is 1. The molecule has 2 N–H and O–H groups in total. The summed E-state index contributed by atoms with van der Waals surface area (Å²) in [6, 6.07) is 14.5. The molecule has 3 heterocycles. The fraction of sp³-hybridized carbons (Fsp3) is 0.407. The highest BCUT2D eigenvalue weighted by Crippen LogP contribution is 2.32. The first-order valence-corrected chi connectivity index (χ1v) is 12.6. The summed E-state index contributed by atoms with van der Waals surface area (Å²) in [5, 5.41) is 23.4. The number of piperazine rings is 1. The second-order valence-electron chi connectivity index (χ2n) is 10.1. The predicted octanol–water partition coefficient (Wildman–Crippen LogP) is 3.29. The van der Waals surface area contributed by atoms with Crippen molar-refractivity contribution in [3.63, 3.8) is 0 Å². The summed E-state index contributed by atoms with van der Waals surface area (Å²) < 4.78 is 7.20. The van der Waals surface area contributed by atoms with Crippen molar-refractivity contribution in [3.8, 4) is 11.5 Å². The van der Waals surface area contributed by atoms with Crippen LogP contribution < -0.4 is 15.2 Å². The number of anilines is 1. The number of fused-ring (bicyclic) bond motifs is 1. The number of aromatic amines is 1. The average molecular weight is 504 g/mol. The van der Waals surface area contributed by atoms with E-state index in [1.165, 1.54) is 0 Å². The number of pyridine rings is 1. The molecule has 2 aromatic carbocycles. The molecule has 10 heteroatoms. The Balaban J connectivity index is 1.55. The maximum Gasteiger partial charge on any atom is 0.253 e. The van der Waals surface area contributed by atoms with Crippen molar-refractivity contribution >= 4 is 16.6 Å². The number of tetrazole rings is 1. The van der Waals surface area contributed by atoms with Gasteiger partial charge in [-0.3, -0.25) is 9.69 Å². The van der Waals surface area contributed by atoms with Crippen LogP contribution in [0.2, 0.25) is 0 Å². The number of aromatic nitrogens is 5. The van der Waals surface area contributed by atoms with E-state index in [1.54, 1.807) is 19.2 Å². The number of nitrogens with one attached hydrogen (secondary N) is 1. The van der Waals surface area contributed by atoms with Crippen LogP contribution in [0.5, 0.6) is 11.5 Å². The fourth-order valence-corrected chi connectivity index (χ4v) is 4.87. The third-order valence-corrected chi connectivity index (χ3v) is 7.45. The van der Waals surface area contributed by atoms with Crippen LogP contribution >= 0.6 is 0 Å². The molecule has 194 valence electrons. The van der Waals surface area contributed by atoms with E-state index in [1.807, 2.05) is 41.1 Å². The number of phenolic OH excluding ortho intramolecular Hbond substituents is 1. The molecule has 5 rings (SSSR count). The van der Waals surface area contributed by atoms with Crippen molar-refractivity contribution < 1.29 is 9.84 Å². The third-order valence-electron chi connectivity index (χ3n) is 7.45. The van der Waals surface area contributed by atoms with E-state index in [2.05, 4.69) is 51.1 Å². The molecule has 0 radical (unpaired) electrons. The summed E-state index contributed by atoms with van der Waals surface area (Å²) in [7, 11) is 1.61. The summed E-state index contributed by atoms with van der Waals surface area (Å²) in [6.45, 7) is 9.27. The van der Waals surface area contributed by atoms with Crippen molar-refractivity contribution in [1.29, 1.82) is 0 Å². The lowest BCUT2D eigenvalue weighted by Gasteiger charge is -2.40. The fourth-order valence-electron chi connectivity index (χ4n) is 4.87. The molecule has 1 fully saturated rings. The quantitative estimate of drug-likeness (QED) is 0.395. The maximum atomic E-state index is 13.5. The second kappa shape index (κ2) is 9.85. The molecule has 0 unspecified atom stereocenters. The monoisotopic (exact) mass is 503 g/mol. The van der Waals surface area contributed by atoms with Crippen molar-refractivity contribution in [2.75, 3.05) is 38.2 Å². The standard InChI is InChI=1S/C27H33N7O3/c1-5-27(2,3)34-25(29-30-31-34)24(22-16-18-6-11-21(37-4)17-23(18)28-26(22)36)33-14-12-32(13-15-33)19-7-9-20(35)10-8-19/h6-11,16-17,24,35H,5,12-15H2,1-4H3,(H,28,36)/t24-/m0/s1. The molecule has 37 heavy (non-hydrogen) atoms. The molecule has 0 aliphatic carbocycles. The molecular weight excluding hydrogens is 470 g/mol. The molecule has 1 atom stereocenters. The van der Waals surface area contributed by atoms with E-state index in [4.69, 9.17) is 4.74 Å². The van der Waals surface area contributed by atoms with E-state index in [9.17, 15) is 9.90 Å². The Morgan fingerprint density at radius 1 is 1.08 bits per heavy atom. The van der Waals surface area contributed by atoms with Gasteiger partial charge in [-0.15, -0.1) is 5.10 Å². The first-order valence-electron chi connectivity index (χ1n) is 12.6. The third kappa shape index (κ3) is 4.76. The summed E-state index contributed by atoms with van der Waals surface area (Å²) >= 11 is 0. The number of rotatable bonds is 7. The van der Waals surface area contributed by atoms with Crippen LogP contribution in [0.25, 0.3) is 10.9 Å². The molecule has 0 saturated carbocycles. The number of ether oxygens (including phenoxy) is 1. The van der Waals surface area contributed by atoms with Crippen LogP contribution in [-0.2, 0) is 5.54 Å². The number of hydrogen-bond acceptors (Lipinski definition) is 8. The minimum atomic E-state index is -0.418. The van der Waals surface area contributed by atoms with E-state index in [0.717, 1.165) is 36.1 Å². The smallest absolute Gasteiger partial charge is 0.253 e. The highest BCUT2D eigenvalue weighted by molar-refractivity contribution is 5.80. The summed E-state index contributed by atoms with van der Waals surface area (Å²) in [5.41, 5.74) is 1.90. The van der Waals surface area contributed by atoms with Gasteiger partial charge in [-0.05, 0) is 78.5 Å². The predicted molar refractivity (Wildman–Crippen MR) is 142 cm³/mol. The lowest BCUT2D eigenvalue weighted by atomic mass is 9.99. The van der Waals surface area contributed by atoms with Crippen LogP contribution in [0.1, 0.15) is 44.6 Å².